The second-order valence-corrected chi connectivity index (χ2v) is 10.0. The van der Waals surface area contributed by atoms with Crippen molar-refractivity contribution in [2.75, 3.05) is 6.54 Å². The Kier molecular flexibility index (Phi) is 5.28. The summed E-state index contributed by atoms with van der Waals surface area (Å²) in [6.07, 6.45) is 12.5. The van der Waals surface area contributed by atoms with Gasteiger partial charge in [-0.15, -0.1) is 0 Å². The highest BCUT2D eigenvalue weighted by atomic mass is 16.6. The summed E-state index contributed by atoms with van der Waals surface area (Å²) in [6.45, 7) is 6.32. The molecular formula is C25H31N5O3. The number of fused-ring (bicyclic) bond motifs is 2. The van der Waals surface area contributed by atoms with Crippen LogP contribution in [0.5, 0.6) is 0 Å². The highest BCUT2D eigenvalue weighted by Gasteiger charge is 2.40. The fraction of sp³-hybridized carbons (Fsp3) is 0.480. The summed E-state index contributed by atoms with van der Waals surface area (Å²) in [7, 11) is 2.01. The van der Waals surface area contributed by atoms with E-state index >= 15 is 0 Å². The molecule has 1 saturated heterocycles. The number of nitrogens with zero attached hydrogens (tertiary/aromatic N) is 4. The van der Waals surface area contributed by atoms with Crippen molar-refractivity contribution in [1.82, 2.24) is 24.6 Å². The molecule has 2 unspecified atom stereocenters. The van der Waals surface area contributed by atoms with Crippen LogP contribution >= 0.6 is 0 Å². The van der Waals surface area contributed by atoms with Crippen LogP contribution in [0.1, 0.15) is 44.9 Å². The molecule has 2 atom stereocenters. The van der Waals surface area contributed by atoms with Gasteiger partial charge in [-0.3, -0.25) is 10.1 Å². The Labute approximate surface area is 193 Å². The fourth-order valence-corrected chi connectivity index (χ4v) is 4.74. The first-order valence-corrected chi connectivity index (χ1v) is 11.6. The smallest absolute Gasteiger partial charge is 0.435 e. The van der Waals surface area contributed by atoms with Gasteiger partial charge in [-0.1, -0.05) is 18.2 Å². The summed E-state index contributed by atoms with van der Waals surface area (Å²) in [5.41, 5.74) is 2.08. The van der Waals surface area contributed by atoms with E-state index in [4.69, 9.17) is 4.74 Å². The van der Waals surface area contributed by atoms with Crippen LogP contribution in [0.2, 0.25) is 0 Å². The van der Waals surface area contributed by atoms with Gasteiger partial charge in [0.05, 0.1) is 11.9 Å². The molecule has 5 rings (SSSR count). The molecule has 174 valence electrons. The van der Waals surface area contributed by atoms with Crippen molar-refractivity contribution >= 4 is 23.6 Å². The van der Waals surface area contributed by atoms with Gasteiger partial charge in [0.2, 0.25) is 0 Å². The Hall–Kier alpha value is -3.13. The van der Waals surface area contributed by atoms with Crippen molar-refractivity contribution in [3.63, 3.8) is 0 Å². The van der Waals surface area contributed by atoms with Crippen molar-refractivity contribution in [2.45, 2.75) is 64.3 Å². The van der Waals surface area contributed by atoms with Crippen LogP contribution in [0, 0.1) is 0 Å². The number of aromatic nitrogens is 3. The number of carbonyl (C=O) groups is 2. The number of hydrogen-bond acceptors (Lipinski definition) is 5. The largest absolute Gasteiger partial charge is 0.442 e. The standard InChI is InChI=1S/C25H31N5O3/c1-25(2,3)33-24(32)29-15-16-13-17(9-10-20(16)27-29)30(22-14-26-22)23(31)19-7-5-6-8-21-18(19)11-12-28(21)4/h5,7-8,11-12,15,17,22,26H,6,9-10,13-14H2,1-4H3. The lowest BCUT2D eigenvalue weighted by Crippen LogP contribution is -2.47. The second-order valence-electron chi connectivity index (χ2n) is 10.0. The Morgan fingerprint density at radius 3 is 2.82 bits per heavy atom. The SMILES string of the molecule is Cn1ccc2c1=CCC=CC=2C(=O)N(C1CCc2nn(C(=O)OC(C)(C)C)cc2C1)C1CN1. The van der Waals surface area contributed by atoms with Crippen molar-refractivity contribution < 1.29 is 14.3 Å². The Balaban J connectivity index is 1.43. The molecule has 1 N–H and O–H groups in total. The third kappa shape index (κ3) is 4.27. The predicted octanol–water partition coefficient (Wildman–Crippen LogP) is 1.21. The van der Waals surface area contributed by atoms with E-state index in [1.165, 1.54) is 4.68 Å². The fourth-order valence-electron chi connectivity index (χ4n) is 4.74. The van der Waals surface area contributed by atoms with Crippen LogP contribution < -0.4 is 15.9 Å². The molecule has 0 saturated carbocycles. The van der Waals surface area contributed by atoms with Gasteiger partial charge in [0.15, 0.2) is 0 Å². The van der Waals surface area contributed by atoms with Crippen molar-refractivity contribution in [1.29, 1.82) is 0 Å². The predicted molar refractivity (Wildman–Crippen MR) is 125 cm³/mol. The van der Waals surface area contributed by atoms with Crippen LogP contribution in [0.3, 0.4) is 0 Å². The molecule has 0 spiro atoms. The summed E-state index contributed by atoms with van der Waals surface area (Å²) in [5.74, 6) is 0.0528. The zero-order valence-electron chi connectivity index (χ0n) is 19.7. The molecule has 0 bridgehead atoms. The zero-order chi connectivity index (χ0) is 23.3. The minimum Gasteiger partial charge on any atom is -0.442 e. The highest BCUT2D eigenvalue weighted by molar-refractivity contribution is 6.17. The molecule has 8 heteroatoms. The number of hydrogen-bond donors (Lipinski definition) is 1. The van der Waals surface area contributed by atoms with E-state index in [9.17, 15) is 9.59 Å². The molecule has 0 radical (unpaired) electrons. The van der Waals surface area contributed by atoms with Crippen molar-refractivity contribution in [3.05, 3.63) is 52.4 Å². The summed E-state index contributed by atoms with van der Waals surface area (Å²) in [6, 6.07) is 2.07. The van der Waals surface area contributed by atoms with Gasteiger partial charge in [0.25, 0.3) is 5.91 Å². The number of allylic oxidation sites excluding steroid dienone is 1. The highest BCUT2D eigenvalue weighted by Crippen LogP contribution is 2.28. The summed E-state index contributed by atoms with van der Waals surface area (Å²) >= 11 is 0. The molecular weight excluding hydrogens is 418 g/mol. The monoisotopic (exact) mass is 449 g/mol. The molecule has 2 aromatic heterocycles. The molecule has 1 fully saturated rings. The summed E-state index contributed by atoms with van der Waals surface area (Å²) in [5, 5.41) is 9.86. The topological polar surface area (TPSA) is 91.3 Å². The number of ether oxygens (including phenoxy) is 1. The molecule has 2 aromatic rings. The van der Waals surface area contributed by atoms with Crippen LogP contribution in [0.4, 0.5) is 4.79 Å². The van der Waals surface area contributed by atoms with Gasteiger partial charge in [-0.2, -0.15) is 9.78 Å². The van der Waals surface area contributed by atoms with Gasteiger partial charge >= 0.3 is 6.09 Å². The molecule has 3 aliphatic rings. The average Bonchev–Trinajstić information content (AvgIpc) is 3.43. The van der Waals surface area contributed by atoms with Crippen molar-refractivity contribution in [2.24, 2.45) is 7.05 Å². The van der Waals surface area contributed by atoms with Gasteiger partial charge < -0.3 is 14.2 Å². The maximum absolute atomic E-state index is 13.9. The van der Waals surface area contributed by atoms with Gasteiger partial charge in [0.1, 0.15) is 5.60 Å². The lowest BCUT2D eigenvalue weighted by Gasteiger charge is -2.34. The van der Waals surface area contributed by atoms with Gasteiger partial charge in [0, 0.05) is 48.2 Å². The molecule has 8 nitrogen and oxygen atoms in total. The first-order chi connectivity index (χ1) is 15.7. The molecule has 3 heterocycles. The summed E-state index contributed by atoms with van der Waals surface area (Å²) < 4.78 is 8.82. The number of amides is 1. The van der Waals surface area contributed by atoms with Crippen LogP contribution in [0.25, 0.3) is 11.6 Å². The number of carbonyl (C=O) groups excluding carboxylic acids is 2. The molecule has 1 amide bonds. The number of nitrogens with one attached hydrogen (secondary N) is 1. The van der Waals surface area contributed by atoms with E-state index < -0.39 is 11.7 Å². The Bertz CT molecular complexity index is 1260. The third-order valence-electron chi connectivity index (χ3n) is 6.35. The van der Waals surface area contributed by atoms with Crippen LogP contribution in [-0.4, -0.2) is 55.6 Å². The minimum atomic E-state index is -0.579. The second kappa shape index (κ2) is 8.02. The third-order valence-corrected chi connectivity index (χ3v) is 6.35. The van der Waals surface area contributed by atoms with Gasteiger partial charge in [-0.25, -0.2) is 4.79 Å². The lowest BCUT2D eigenvalue weighted by molar-refractivity contribution is -0.128. The van der Waals surface area contributed by atoms with E-state index in [0.29, 0.717) is 6.42 Å². The Morgan fingerprint density at radius 2 is 2.09 bits per heavy atom. The normalized spacial score (nSPS) is 21.5. The van der Waals surface area contributed by atoms with Crippen LogP contribution in [-0.2, 0) is 29.4 Å². The molecule has 2 aliphatic carbocycles. The van der Waals surface area contributed by atoms with Gasteiger partial charge in [-0.05, 0) is 58.1 Å². The van der Waals surface area contributed by atoms with E-state index in [2.05, 4.69) is 27.1 Å². The van der Waals surface area contributed by atoms with E-state index in [0.717, 1.165) is 53.2 Å². The number of aryl methyl sites for hydroxylation is 2. The lowest BCUT2D eigenvalue weighted by atomic mass is 9.91. The maximum atomic E-state index is 13.9. The van der Waals surface area contributed by atoms with E-state index in [1.807, 2.05) is 51.1 Å². The van der Waals surface area contributed by atoms with E-state index in [1.54, 1.807) is 6.20 Å². The Morgan fingerprint density at radius 1 is 1.30 bits per heavy atom. The van der Waals surface area contributed by atoms with Crippen molar-refractivity contribution in [3.8, 4) is 0 Å². The number of rotatable bonds is 3. The minimum absolute atomic E-state index is 0.0431. The first-order valence-electron chi connectivity index (χ1n) is 11.6. The zero-order valence-corrected chi connectivity index (χ0v) is 19.7. The maximum Gasteiger partial charge on any atom is 0.435 e. The molecule has 33 heavy (non-hydrogen) atoms. The molecule has 0 aromatic carbocycles. The van der Waals surface area contributed by atoms with E-state index in [-0.39, 0.29) is 18.1 Å². The first kappa shape index (κ1) is 21.7. The average molecular weight is 450 g/mol. The molecule has 1 aliphatic heterocycles. The summed E-state index contributed by atoms with van der Waals surface area (Å²) in [4.78, 5) is 28.3. The quantitative estimate of drug-likeness (QED) is 0.712. The van der Waals surface area contributed by atoms with Crippen LogP contribution in [0.15, 0.2) is 30.6 Å².